The Morgan fingerprint density at radius 1 is 1.07 bits per heavy atom. The van der Waals surface area contributed by atoms with E-state index in [0.29, 0.717) is 13.1 Å². The van der Waals surface area contributed by atoms with Crippen molar-refractivity contribution >= 4 is 24.2 Å². The van der Waals surface area contributed by atoms with Gasteiger partial charge in [0.15, 0.2) is 0 Å². The number of nitrogens with one attached hydrogen (secondary N) is 2. The summed E-state index contributed by atoms with van der Waals surface area (Å²) in [6.45, 7) is 9.66. The van der Waals surface area contributed by atoms with E-state index in [-0.39, 0.29) is 41.6 Å². The third-order valence-electron chi connectivity index (χ3n) is 5.56. The highest BCUT2D eigenvalue weighted by Crippen LogP contribution is 2.24. The first-order chi connectivity index (χ1) is 12.3. The van der Waals surface area contributed by atoms with Crippen LogP contribution in [0.4, 0.5) is 0 Å². The fourth-order valence-electron chi connectivity index (χ4n) is 3.74. The lowest BCUT2D eigenvalue weighted by atomic mass is 9.86. The van der Waals surface area contributed by atoms with Gasteiger partial charge in [0.2, 0.25) is 5.91 Å². The number of amides is 2. The van der Waals surface area contributed by atoms with Crippen molar-refractivity contribution in [2.45, 2.75) is 51.5 Å². The predicted octanol–water partition coefficient (Wildman–Crippen LogP) is 2.74. The van der Waals surface area contributed by atoms with Crippen LogP contribution in [0.3, 0.4) is 0 Å². The molecule has 6 heteroatoms. The van der Waals surface area contributed by atoms with Gasteiger partial charge in [-0.1, -0.05) is 32.9 Å². The van der Waals surface area contributed by atoms with Crippen LogP contribution in [-0.2, 0) is 10.2 Å². The fraction of sp³-hybridized carbons (Fsp3) is 0.619. The lowest BCUT2D eigenvalue weighted by Gasteiger charge is -2.32. The second kappa shape index (κ2) is 9.07. The zero-order chi connectivity index (χ0) is 18.7. The third kappa shape index (κ3) is 5.45. The second-order valence-electron chi connectivity index (χ2n) is 8.59. The average molecular weight is 394 g/mol. The van der Waals surface area contributed by atoms with E-state index < -0.39 is 0 Å². The SMILES string of the molecule is CC(C)(C)c1ccc(C(=O)N2CCC(C(=O)NC3CCNC3)CC2)cc1.Cl. The topological polar surface area (TPSA) is 61.4 Å². The molecule has 2 fully saturated rings. The van der Waals surface area contributed by atoms with Crippen molar-refractivity contribution in [3.63, 3.8) is 0 Å². The van der Waals surface area contributed by atoms with Crippen LogP contribution >= 0.6 is 12.4 Å². The van der Waals surface area contributed by atoms with Crippen LogP contribution in [0.15, 0.2) is 24.3 Å². The molecular formula is C21H32ClN3O2. The molecule has 1 aromatic carbocycles. The molecule has 2 N–H and O–H groups in total. The van der Waals surface area contributed by atoms with Crippen LogP contribution < -0.4 is 10.6 Å². The Morgan fingerprint density at radius 3 is 2.22 bits per heavy atom. The lowest BCUT2D eigenvalue weighted by molar-refractivity contribution is -0.126. The first-order valence-electron chi connectivity index (χ1n) is 9.75. The van der Waals surface area contributed by atoms with Gasteiger partial charge in [-0.05, 0) is 48.9 Å². The molecule has 150 valence electrons. The summed E-state index contributed by atoms with van der Waals surface area (Å²) in [4.78, 5) is 27.0. The number of carbonyl (C=O) groups is 2. The standard InChI is InChI=1S/C21H31N3O2.ClH/c1-21(2,3)17-6-4-16(5-7-17)20(26)24-12-9-15(10-13-24)19(25)23-18-8-11-22-14-18;/h4-7,15,18,22H,8-14H2,1-3H3,(H,23,25);1H. The van der Waals surface area contributed by atoms with Gasteiger partial charge in [0.05, 0.1) is 0 Å². The van der Waals surface area contributed by atoms with Crippen molar-refractivity contribution in [3.8, 4) is 0 Å². The molecule has 2 aliphatic heterocycles. The summed E-state index contributed by atoms with van der Waals surface area (Å²) in [5.41, 5.74) is 2.05. The maximum Gasteiger partial charge on any atom is 0.253 e. The van der Waals surface area contributed by atoms with E-state index in [2.05, 4.69) is 31.4 Å². The number of hydrogen-bond acceptors (Lipinski definition) is 3. The lowest BCUT2D eigenvalue weighted by Crippen LogP contribution is -2.45. The van der Waals surface area contributed by atoms with Gasteiger partial charge < -0.3 is 15.5 Å². The number of rotatable bonds is 3. The number of hydrogen-bond donors (Lipinski definition) is 2. The highest BCUT2D eigenvalue weighted by molar-refractivity contribution is 5.94. The summed E-state index contributed by atoms with van der Waals surface area (Å²) in [6.07, 6.45) is 2.50. The van der Waals surface area contributed by atoms with Crippen molar-refractivity contribution < 1.29 is 9.59 Å². The molecule has 2 aliphatic rings. The number of halogens is 1. The number of benzene rings is 1. The number of likely N-dealkylation sites (tertiary alicyclic amines) is 1. The summed E-state index contributed by atoms with van der Waals surface area (Å²) in [7, 11) is 0. The quantitative estimate of drug-likeness (QED) is 0.830. The summed E-state index contributed by atoms with van der Waals surface area (Å²) in [5, 5.41) is 6.41. The van der Waals surface area contributed by atoms with Crippen molar-refractivity contribution in [1.29, 1.82) is 0 Å². The number of piperidine rings is 1. The molecule has 3 rings (SSSR count). The Labute approximate surface area is 168 Å². The Bertz CT molecular complexity index is 640. The van der Waals surface area contributed by atoms with Crippen molar-refractivity contribution in [1.82, 2.24) is 15.5 Å². The minimum absolute atomic E-state index is 0. The maximum atomic E-state index is 12.7. The number of carbonyl (C=O) groups excluding carboxylic acids is 2. The molecule has 0 radical (unpaired) electrons. The molecule has 2 amide bonds. The van der Waals surface area contributed by atoms with Crippen LogP contribution in [0.1, 0.15) is 56.0 Å². The summed E-state index contributed by atoms with van der Waals surface area (Å²) < 4.78 is 0. The third-order valence-corrected chi connectivity index (χ3v) is 5.56. The molecule has 0 aliphatic carbocycles. The van der Waals surface area contributed by atoms with E-state index in [1.807, 2.05) is 29.2 Å². The van der Waals surface area contributed by atoms with Crippen LogP contribution in [-0.4, -0.2) is 48.9 Å². The fourth-order valence-corrected chi connectivity index (χ4v) is 3.74. The molecule has 5 nitrogen and oxygen atoms in total. The van der Waals surface area contributed by atoms with Crippen molar-refractivity contribution in [3.05, 3.63) is 35.4 Å². The second-order valence-corrected chi connectivity index (χ2v) is 8.59. The zero-order valence-corrected chi connectivity index (χ0v) is 17.4. The molecule has 0 saturated carbocycles. The van der Waals surface area contributed by atoms with Gasteiger partial charge in [-0.2, -0.15) is 0 Å². The van der Waals surface area contributed by atoms with Gasteiger partial charge in [-0.3, -0.25) is 9.59 Å². The Hall–Kier alpha value is -1.59. The molecule has 0 aromatic heterocycles. The van der Waals surface area contributed by atoms with Gasteiger partial charge >= 0.3 is 0 Å². The van der Waals surface area contributed by atoms with E-state index in [4.69, 9.17) is 0 Å². The Morgan fingerprint density at radius 2 is 1.70 bits per heavy atom. The Balaban J connectivity index is 0.00000261. The van der Waals surface area contributed by atoms with E-state index in [1.165, 1.54) is 5.56 Å². The van der Waals surface area contributed by atoms with Crippen LogP contribution in [0.25, 0.3) is 0 Å². The van der Waals surface area contributed by atoms with Crippen LogP contribution in [0.2, 0.25) is 0 Å². The molecule has 1 atom stereocenters. The summed E-state index contributed by atoms with van der Waals surface area (Å²) in [5.74, 6) is 0.257. The van der Waals surface area contributed by atoms with Gasteiger partial charge in [0.1, 0.15) is 0 Å². The van der Waals surface area contributed by atoms with Crippen LogP contribution in [0.5, 0.6) is 0 Å². The van der Waals surface area contributed by atoms with E-state index in [9.17, 15) is 9.59 Å². The molecule has 27 heavy (non-hydrogen) atoms. The van der Waals surface area contributed by atoms with E-state index in [0.717, 1.165) is 37.9 Å². The van der Waals surface area contributed by atoms with Gasteiger partial charge in [-0.25, -0.2) is 0 Å². The average Bonchev–Trinajstić information content (AvgIpc) is 3.13. The molecule has 1 unspecified atom stereocenters. The highest BCUT2D eigenvalue weighted by Gasteiger charge is 2.29. The predicted molar refractivity (Wildman–Crippen MR) is 110 cm³/mol. The minimum Gasteiger partial charge on any atom is -0.352 e. The van der Waals surface area contributed by atoms with Crippen molar-refractivity contribution in [2.24, 2.45) is 5.92 Å². The Kier molecular flexibility index (Phi) is 7.29. The first kappa shape index (κ1) is 21.7. The van der Waals surface area contributed by atoms with Gasteiger partial charge in [-0.15, -0.1) is 12.4 Å². The molecule has 1 aromatic rings. The number of nitrogens with zero attached hydrogens (tertiary/aromatic N) is 1. The normalized spacial score (nSPS) is 20.9. The molecule has 0 spiro atoms. The largest absolute Gasteiger partial charge is 0.352 e. The molecule has 2 heterocycles. The van der Waals surface area contributed by atoms with Crippen LogP contribution in [0, 0.1) is 5.92 Å². The van der Waals surface area contributed by atoms with E-state index >= 15 is 0 Å². The monoisotopic (exact) mass is 393 g/mol. The minimum atomic E-state index is 0. The molecule has 2 saturated heterocycles. The first-order valence-corrected chi connectivity index (χ1v) is 9.75. The zero-order valence-electron chi connectivity index (χ0n) is 16.6. The van der Waals surface area contributed by atoms with E-state index in [1.54, 1.807) is 0 Å². The van der Waals surface area contributed by atoms with Crippen molar-refractivity contribution in [2.75, 3.05) is 26.2 Å². The molecular weight excluding hydrogens is 362 g/mol. The smallest absolute Gasteiger partial charge is 0.253 e. The highest BCUT2D eigenvalue weighted by atomic mass is 35.5. The summed E-state index contributed by atoms with van der Waals surface area (Å²) in [6, 6.07) is 8.21. The maximum absolute atomic E-state index is 12.7. The van der Waals surface area contributed by atoms with Gasteiger partial charge in [0, 0.05) is 37.2 Å². The summed E-state index contributed by atoms with van der Waals surface area (Å²) >= 11 is 0. The van der Waals surface area contributed by atoms with Gasteiger partial charge in [0.25, 0.3) is 5.91 Å². The molecule has 0 bridgehead atoms.